The summed E-state index contributed by atoms with van der Waals surface area (Å²) in [6, 6.07) is 3.88. The predicted molar refractivity (Wildman–Crippen MR) is 104 cm³/mol. The smallest absolute Gasteiger partial charge is 0.194 e. The number of aliphatic hydroxyl groups excluding tert-OH is 1. The Morgan fingerprint density at radius 2 is 2.39 bits per heavy atom. The van der Waals surface area contributed by atoms with Gasteiger partial charge in [0.25, 0.3) is 0 Å². The van der Waals surface area contributed by atoms with Gasteiger partial charge < -0.3 is 19.7 Å². The van der Waals surface area contributed by atoms with Crippen molar-refractivity contribution in [1.29, 1.82) is 0 Å². The third kappa shape index (κ3) is 6.55. The number of rotatable bonds is 6. The van der Waals surface area contributed by atoms with Gasteiger partial charge in [0.2, 0.25) is 0 Å². The van der Waals surface area contributed by atoms with E-state index in [1.54, 1.807) is 6.26 Å². The molecule has 6 heteroatoms. The fraction of sp³-hybridized carbons (Fsp3) is 0.588. The molecule has 5 nitrogen and oxygen atoms in total. The molecule has 2 unspecified atom stereocenters. The van der Waals surface area contributed by atoms with Gasteiger partial charge in [-0.3, -0.25) is 0 Å². The Morgan fingerprint density at radius 1 is 1.61 bits per heavy atom. The number of furan rings is 1. The molecule has 0 aromatic carbocycles. The van der Waals surface area contributed by atoms with Crippen molar-refractivity contribution in [2.75, 3.05) is 26.2 Å². The van der Waals surface area contributed by atoms with Crippen LogP contribution >= 0.6 is 24.0 Å². The lowest BCUT2D eigenvalue weighted by Crippen LogP contribution is -2.41. The van der Waals surface area contributed by atoms with Gasteiger partial charge in [-0.25, -0.2) is 4.99 Å². The summed E-state index contributed by atoms with van der Waals surface area (Å²) in [5.74, 6) is 2.19. The Bertz CT molecular complexity index is 500. The number of halogens is 1. The van der Waals surface area contributed by atoms with E-state index in [9.17, 15) is 5.11 Å². The summed E-state index contributed by atoms with van der Waals surface area (Å²) in [4.78, 5) is 6.86. The number of aliphatic imine (C=N–C) groups is 1. The Balaban J connectivity index is 0.00000264. The molecule has 2 heterocycles. The van der Waals surface area contributed by atoms with Crippen molar-refractivity contribution < 1.29 is 9.52 Å². The lowest BCUT2D eigenvalue weighted by Gasteiger charge is -2.22. The van der Waals surface area contributed by atoms with E-state index < -0.39 is 0 Å². The molecule has 0 bridgehead atoms. The summed E-state index contributed by atoms with van der Waals surface area (Å²) in [5.41, 5.74) is 1.04. The zero-order valence-corrected chi connectivity index (χ0v) is 16.3. The molecule has 23 heavy (non-hydrogen) atoms. The number of nitrogens with zero attached hydrogens (tertiary/aromatic N) is 2. The highest BCUT2D eigenvalue weighted by Gasteiger charge is 2.27. The minimum Gasteiger partial charge on any atom is -0.469 e. The maximum absolute atomic E-state index is 9.76. The highest BCUT2D eigenvalue weighted by molar-refractivity contribution is 14.0. The second kappa shape index (κ2) is 9.97. The molecule has 0 saturated carbocycles. The number of aliphatic hydroxyl groups is 1. The highest BCUT2D eigenvalue weighted by atomic mass is 127. The van der Waals surface area contributed by atoms with Crippen molar-refractivity contribution in [2.24, 2.45) is 10.9 Å². The Hall–Kier alpha value is -1.02. The molecule has 1 fully saturated rings. The van der Waals surface area contributed by atoms with E-state index in [1.807, 2.05) is 26.0 Å². The Kier molecular flexibility index (Phi) is 8.68. The van der Waals surface area contributed by atoms with E-state index in [2.05, 4.69) is 21.8 Å². The van der Waals surface area contributed by atoms with Crippen molar-refractivity contribution >= 4 is 29.9 Å². The monoisotopic (exact) mass is 433 g/mol. The van der Waals surface area contributed by atoms with Gasteiger partial charge in [0, 0.05) is 32.0 Å². The van der Waals surface area contributed by atoms with Gasteiger partial charge in [-0.15, -0.1) is 24.0 Å². The first kappa shape index (κ1) is 20.0. The third-order valence-corrected chi connectivity index (χ3v) is 3.94. The van der Waals surface area contributed by atoms with E-state index in [4.69, 9.17) is 4.42 Å². The molecule has 2 rings (SSSR count). The topological polar surface area (TPSA) is 61.0 Å². The molecule has 0 radical (unpaired) electrons. The minimum atomic E-state index is -0.268. The van der Waals surface area contributed by atoms with Crippen LogP contribution in [0.3, 0.4) is 0 Å². The summed E-state index contributed by atoms with van der Waals surface area (Å²) in [7, 11) is 0. The molecular formula is C17H28IN3O2. The van der Waals surface area contributed by atoms with Gasteiger partial charge in [0.1, 0.15) is 5.76 Å². The van der Waals surface area contributed by atoms with Crippen molar-refractivity contribution in [1.82, 2.24) is 10.2 Å². The average Bonchev–Trinajstić information content (AvgIpc) is 3.13. The van der Waals surface area contributed by atoms with E-state index in [0.29, 0.717) is 12.5 Å². The zero-order valence-electron chi connectivity index (χ0n) is 14.0. The lowest BCUT2D eigenvalue weighted by atomic mass is 10.0. The first-order valence-corrected chi connectivity index (χ1v) is 7.94. The van der Waals surface area contributed by atoms with E-state index in [1.165, 1.54) is 0 Å². The number of hydrogen-bond acceptors (Lipinski definition) is 3. The van der Waals surface area contributed by atoms with Gasteiger partial charge in [0.15, 0.2) is 5.96 Å². The fourth-order valence-electron chi connectivity index (χ4n) is 2.60. The number of guanidine groups is 1. The van der Waals surface area contributed by atoms with Crippen molar-refractivity contribution in [3.8, 4) is 0 Å². The second-order valence-corrected chi connectivity index (χ2v) is 6.09. The van der Waals surface area contributed by atoms with Gasteiger partial charge in [-0.2, -0.15) is 0 Å². The quantitative estimate of drug-likeness (QED) is 0.314. The van der Waals surface area contributed by atoms with Crippen LogP contribution in [0.15, 0.2) is 40.0 Å². The van der Waals surface area contributed by atoms with E-state index in [-0.39, 0.29) is 30.1 Å². The van der Waals surface area contributed by atoms with Crippen LogP contribution in [0.1, 0.15) is 26.0 Å². The molecule has 2 N–H and O–H groups in total. The molecule has 1 saturated heterocycles. The van der Waals surface area contributed by atoms with Crippen LogP contribution < -0.4 is 5.32 Å². The number of likely N-dealkylation sites (tertiary alicyclic amines) is 1. The maximum Gasteiger partial charge on any atom is 0.194 e. The predicted octanol–water partition coefficient (Wildman–Crippen LogP) is 2.66. The van der Waals surface area contributed by atoms with Crippen molar-refractivity contribution in [2.45, 2.75) is 32.8 Å². The molecule has 130 valence electrons. The second-order valence-electron chi connectivity index (χ2n) is 6.09. The molecule has 1 aromatic rings. The summed E-state index contributed by atoms with van der Waals surface area (Å²) < 4.78 is 5.35. The summed E-state index contributed by atoms with van der Waals surface area (Å²) in [5, 5.41) is 13.2. The highest BCUT2D eigenvalue weighted by Crippen LogP contribution is 2.19. The van der Waals surface area contributed by atoms with Gasteiger partial charge in [-0.1, -0.05) is 12.2 Å². The van der Waals surface area contributed by atoms with Gasteiger partial charge in [-0.05, 0) is 32.4 Å². The van der Waals surface area contributed by atoms with Crippen LogP contribution in [0, 0.1) is 5.92 Å². The van der Waals surface area contributed by atoms with E-state index in [0.717, 1.165) is 49.8 Å². The van der Waals surface area contributed by atoms with E-state index >= 15 is 0 Å². The molecule has 0 aliphatic carbocycles. The first-order chi connectivity index (χ1) is 10.6. The van der Waals surface area contributed by atoms with Crippen LogP contribution in [-0.4, -0.2) is 48.2 Å². The lowest BCUT2D eigenvalue weighted by molar-refractivity contribution is 0.132. The van der Waals surface area contributed by atoms with Crippen molar-refractivity contribution in [3.05, 3.63) is 36.3 Å². The average molecular weight is 433 g/mol. The SMILES string of the molecule is C=C(C)CN=C(NCCc1ccco1)N1CCC(C(C)O)C1.I. The largest absolute Gasteiger partial charge is 0.469 e. The van der Waals surface area contributed by atoms with Crippen LogP contribution in [0.2, 0.25) is 0 Å². The molecular weight excluding hydrogens is 405 g/mol. The Labute approximate surface area is 155 Å². The van der Waals surface area contributed by atoms with Crippen LogP contribution in [-0.2, 0) is 6.42 Å². The van der Waals surface area contributed by atoms with Gasteiger partial charge in [0.05, 0.1) is 18.9 Å². The van der Waals surface area contributed by atoms with Crippen LogP contribution in [0.25, 0.3) is 0 Å². The maximum atomic E-state index is 9.76. The normalized spacial score (nSPS) is 19.3. The third-order valence-electron chi connectivity index (χ3n) is 3.94. The van der Waals surface area contributed by atoms with Crippen molar-refractivity contribution in [3.63, 3.8) is 0 Å². The number of hydrogen-bond donors (Lipinski definition) is 2. The minimum absolute atomic E-state index is 0. The molecule has 1 aliphatic rings. The van der Waals surface area contributed by atoms with Gasteiger partial charge >= 0.3 is 0 Å². The molecule has 2 atom stereocenters. The standard InChI is InChI=1S/C17H27N3O2.HI/c1-13(2)11-19-17(18-8-6-16-5-4-10-22-16)20-9-7-15(12-20)14(3)21;/h4-5,10,14-15,21H,1,6-9,11-12H2,2-3H3,(H,18,19);1H. The summed E-state index contributed by atoms with van der Waals surface area (Å²) in [6.45, 7) is 10.9. The Morgan fingerprint density at radius 3 is 2.96 bits per heavy atom. The van der Waals surface area contributed by atoms with Crippen LogP contribution in [0.4, 0.5) is 0 Å². The molecule has 1 aromatic heterocycles. The fourth-order valence-corrected chi connectivity index (χ4v) is 2.60. The zero-order chi connectivity index (χ0) is 15.9. The summed E-state index contributed by atoms with van der Waals surface area (Å²) >= 11 is 0. The first-order valence-electron chi connectivity index (χ1n) is 7.94. The summed E-state index contributed by atoms with van der Waals surface area (Å²) in [6.07, 6.45) is 3.26. The molecule has 1 aliphatic heterocycles. The molecule has 0 spiro atoms. The number of nitrogens with one attached hydrogen (secondary N) is 1. The molecule has 0 amide bonds. The van der Waals surface area contributed by atoms with Crippen LogP contribution in [0.5, 0.6) is 0 Å².